The van der Waals surface area contributed by atoms with Gasteiger partial charge in [0.2, 0.25) is 10.0 Å². The van der Waals surface area contributed by atoms with Crippen molar-refractivity contribution in [3.63, 3.8) is 0 Å². The molecule has 0 bridgehead atoms. The van der Waals surface area contributed by atoms with Crippen molar-refractivity contribution >= 4 is 33.3 Å². The van der Waals surface area contributed by atoms with E-state index in [2.05, 4.69) is 10.3 Å². The normalized spacial score (nSPS) is 15.9. The van der Waals surface area contributed by atoms with Gasteiger partial charge in [-0.15, -0.1) is 0 Å². The molecule has 1 aliphatic heterocycles. The minimum Gasteiger partial charge on any atom is -0.325 e. The number of urea groups is 1. The zero-order valence-electron chi connectivity index (χ0n) is 16.1. The third kappa shape index (κ3) is 5.23. The first-order valence-corrected chi connectivity index (χ1v) is 11.3. The number of rotatable bonds is 4. The summed E-state index contributed by atoms with van der Waals surface area (Å²) in [6.07, 6.45) is 3.78. The van der Waals surface area contributed by atoms with Crippen molar-refractivity contribution in [2.24, 2.45) is 0 Å². The van der Waals surface area contributed by atoms with Crippen LogP contribution < -0.4 is 5.32 Å². The fourth-order valence-corrected chi connectivity index (χ4v) is 4.44. The Morgan fingerprint density at radius 2 is 2.00 bits per heavy atom. The Hall–Kier alpha value is -2.23. The lowest BCUT2D eigenvalue weighted by Gasteiger charge is -2.35. The second-order valence-electron chi connectivity index (χ2n) is 7.00. The number of halogens is 2. The van der Waals surface area contributed by atoms with E-state index in [0.29, 0.717) is 42.9 Å². The molecule has 1 N–H and O–H groups in total. The van der Waals surface area contributed by atoms with E-state index in [9.17, 15) is 17.6 Å². The van der Waals surface area contributed by atoms with E-state index in [1.807, 2.05) is 0 Å². The highest BCUT2D eigenvalue weighted by molar-refractivity contribution is 7.88. The van der Waals surface area contributed by atoms with Gasteiger partial charge < -0.3 is 10.2 Å². The van der Waals surface area contributed by atoms with Crippen LogP contribution in [0.15, 0.2) is 36.5 Å². The number of amides is 2. The van der Waals surface area contributed by atoms with Crippen molar-refractivity contribution in [3.8, 4) is 11.3 Å². The first-order valence-electron chi connectivity index (χ1n) is 9.05. The summed E-state index contributed by atoms with van der Waals surface area (Å²) in [4.78, 5) is 18.4. The van der Waals surface area contributed by atoms with E-state index >= 15 is 0 Å². The van der Waals surface area contributed by atoms with Gasteiger partial charge in [0, 0.05) is 31.7 Å². The molecular weight excluding hydrogens is 419 g/mol. The number of sulfonamides is 1. The summed E-state index contributed by atoms with van der Waals surface area (Å²) in [7, 11) is -1.54. The first-order chi connectivity index (χ1) is 13.6. The second kappa shape index (κ2) is 8.64. The van der Waals surface area contributed by atoms with Gasteiger partial charge in [-0.3, -0.25) is 4.98 Å². The van der Waals surface area contributed by atoms with Crippen LogP contribution in [0, 0.1) is 5.82 Å². The average Bonchev–Trinajstić information content (AvgIpc) is 2.67. The molecule has 0 radical (unpaired) electrons. The van der Waals surface area contributed by atoms with Crippen LogP contribution in [0.4, 0.5) is 14.9 Å². The van der Waals surface area contributed by atoms with Crippen molar-refractivity contribution in [2.75, 3.05) is 31.7 Å². The van der Waals surface area contributed by atoms with Crippen LogP contribution in [0.1, 0.15) is 12.8 Å². The Kier molecular flexibility index (Phi) is 6.40. The van der Waals surface area contributed by atoms with E-state index in [1.54, 1.807) is 30.1 Å². The Labute approximate surface area is 174 Å². The Morgan fingerprint density at radius 3 is 2.59 bits per heavy atom. The van der Waals surface area contributed by atoms with Crippen molar-refractivity contribution < 1.29 is 17.6 Å². The van der Waals surface area contributed by atoms with Gasteiger partial charge in [0.1, 0.15) is 5.82 Å². The van der Waals surface area contributed by atoms with Gasteiger partial charge in [-0.2, -0.15) is 0 Å². The van der Waals surface area contributed by atoms with E-state index in [0.717, 1.165) is 0 Å². The number of anilines is 1. The van der Waals surface area contributed by atoms with Crippen LogP contribution in [-0.2, 0) is 10.0 Å². The molecule has 7 nitrogen and oxygen atoms in total. The molecule has 2 amide bonds. The number of carbonyl (C=O) groups is 1. The minimum atomic E-state index is -3.21. The summed E-state index contributed by atoms with van der Waals surface area (Å²) in [5.74, 6) is -0.388. The Morgan fingerprint density at radius 1 is 1.31 bits per heavy atom. The number of piperidine rings is 1. The number of nitrogens with one attached hydrogen (secondary N) is 1. The van der Waals surface area contributed by atoms with Crippen LogP contribution >= 0.6 is 11.6 Å². The molecule has 0 atom stereocenters. The van der Waals surface area contributed by atoms with Gasteiger partial charge in [0.15, 0.2) is 0 Å². The number of hydrogen-bond acceptors (Lipinski definition) is 4. The summed E-state index contributed by atoms with van der Waals surface area (Å²) in [5.41, 5.74) is 1.38. The molecule has 29 heavy (non-hydrogen) atoms. The van der Waals surface area contributed by atoms with E-state index in [1.165, 1.54) is 28.9 Å². The summed E-state index contributed by atoms with van der Waals surface area (Å²) in [6, 6.07) is 7.11. The topological polar surface area (TPSA) is 82.6 Å². The number of aromatic nitrogens is 1. The highest BCUT2D eigenvalue weighted by Gasteiger charge is 2.29. The molecule has 10 heteroatoms. The van der Waals surface area contributed by atoms with Gasteiger partial charge in [0.25, 0.3) is 0 Å². The molecular formula is C19H22ClFN4O3S. The number of carbonyl (C=O) groups excluding carboxylic acids is 1. The molecule has 0 spiro atoms. The van der Waals surface area contributed by atoms with Crippen LogP contribution in [0.25, 0.3) is 11.3 Å². The highest BCUT2D eigenvalue weighted by Crippen LogP contribution is 2.28. The van der Waals surface area contributed by atoms with E-state index in [4.69, 9.17) is 11.6 Å². The van der Waals surface area contributed by atoms with Gasteiger partial charge in [-0.1, -0.05) is 23.7 Å². The fraction of sp³-hybridized carbons (Fsp3) is 0.368. The lowest BCUT2D eigenvalue weighted by Crippen LogP contribution is -2.48. The summed E-state index contributed by atoms with van der Waals surface area (Å²) >= 11 is 6.27. The molecule has 0 aliphatic carbocycles. The quantitative estimate of drug-likeness (QED) is 0.789. The molecule has 2 aromatic rings. The SMILES string of the molecule is CN(C(=O)Nc1cnc(-c2cccc(F)c2)c(Cl)c1)C1CCN(S(C)(=O)=O)CC1. The van der Waals surface area contributed by atoms with Crippen LogP contribution in [0.3, 0.4) is 0 Å². The summed E-state index contributed by atoms with van der Waals surface area (Å²) in [6.45, 7) is 0.771. The average molecular weight is 441 g/mol. The van der Waals surface area contributed by atoms with E-state index < -0.39 is 10.0 Å². The third-order valence-electron chi connectivity index (χ3n) is 4.95. The zero-order chi connectivity index (χ0) is 21.2. The standard InChI is InChI=1S/C19H22ClFN4O3S/c1-24(16-6-8-25(9-7-16)29(2,27)28)19(26)23-15-11-17(20)18(22-12-15)13-4-3-5-14(21)10-13/h3-5,10-12,16H,6-9H2,1-2H3,(H,23,26). The molecule has 0 unspecified atom stereocenters. The van der Waals surface area contributed by atoms with Crippen molar-refractivity contribution in [2.45, 2.75) is 18.9 Å². The van der Waals surface area contributed by atoms with E-state index in [-0.39, 0.29) is 22.9 Å². The van der Waals surface area contributed by atoms with Crippen LogP contribution in [0.5, 0.6) is 0 Å². The Bertz CT molecular complexity index is 1010. The molecule has 1 aromatic carbocycles. The molecule has 1 fully saturated rings. The largest absolute Gasteiger partial charge is 0.325 e. The lowest BCUT2D eigenvalue weighted by atomic mass is 10.1. The molecule has 1 aliphatic rings. The zero-order valence-corrected chi connectivity index (χ0v) is 17.7. The highest BCUT2D eigenvalue weighted by atomic mass is 35.5. The number of nitrogens with zero attached hydrogens (tertiary/aromatic N) is 3. The van der Waals surface area contributed by atoms with Crippen molar-refractivity contribution in [1.29, 1.82) is 0 Å². The third-order valence-corrected chi connectivity index (χ3v) is 6.54. The van der Waals surface area contributed by atoms with Crippen LogP contribution in [0.2, 0.25) is 5.02 Å². The minimum absolute atomic E-state index is 0.0667. The van der Waals surface area contributed by atoms with Gasteiger partial charge in [-0.25, -0.2) is 21.9 Å². The second-order valence-corrected chi connectivity index (χ2v) is 9.39. The maximum atomic E-state index is 13.4. The number of benzene rings is 1. The fourth-order valence-electron chi connectivity index (χ4n) is 3.29. The monoisotopic (exact) mass is 440 g/mol. The number of hydrogen-bond donors (Lipinski definition) is 1. The van der Waals surface area contributed by atoms with Crippen molar-refractivity contribution in [1.82, 2.24) is 14.2 Å². The smallest absolute Gasteiger partial charge is 0.321 e. The Balaban J connectivity index is 1.64. The summed E-state index contributed by atoms with van der Waals surface area (Å²) < 4.78 is 38.1. The molecule has 3 rings (SSSR count). The summed E-state index contributed by atoms with van der Waals surface area (Å²) in [5, 5.41) is 3.03. The molecule has 156 valence electrons. The molecule has 0 saturated carbocycles. The first kappa shape index (κ1) is 21.5. The lowest BCUT2D eigenvalue weighted by molar-refractivity contribution is 0.174. The predicted molar refractivity (Wildman–Crippen MR) is 111 cm³/mol. The van der Waals surface area contributed by atoms with Crippen molar-refractivity contribution in [3.05, 3.63) is 47.4 Å². The molecule has 2 heterocycles. The van der Waals surface area contributed by atoms with Gasteiger partial charge in [-0.05, 0) is 31.0 Å². The molecule has 1 saturated heterocycles. The molecule has 1 aromatic heterocycles. The van der Waals surface area contributed by atoms with Crippen LogP contribution in [-0.4, -0.2) is 61.1 Å². The number of pyridine rings is 1. The van der Waals surface area contributed by atoms with Gasteiger partial charge >= 0.3 is 6.03 Å². The van der Waals surface area contributed by atoms with Gasteiger partial charge in [0.05, 0.1) is 28.9 Å². The predicted octanol–water partition coefficient (Wildman–Crippen LogP) is 3.43. The maximum absolute atomic E-state index is 13.4. The maximum Gasteiger partial charge on any atom is 0.321 e.